The number of carbonyl (C=O) groups is 3. The maximum absolute atomic E-state index is 13.3. The van der Waals surface area contributed by atoms with E-state index in [-0.39, 0.29) is 12.2 Å². The molecule has 1 aliphatic rings. The fraction of sp³-hybridized carbons (Fsp3) is 0.130. The van der Waals surface area contributed by atoms with E-state index < -0.39 is 34.4 Å². The number of nitrogens with one attached hydrogen (secondary N) is 1. The Kier molecular flexibility index (Phi) is 5.36. The second-order valence-corrected chi connectivity index (χ2v) is 7.21. The van der Waals surface area contributed by atoms with Gasteiger partial charge < -0.3 is 4.90 Å². The first-order valence-electron chi connectivity index (χ1n) is 9.61. The quantitative estimate of drug-likeness (QED) is 0.202. The molecule has 2 unspecified atom stereocenters. The number of hydrogen-bond acceptors (Lipinski definition) is 5. The van der Waals surface area contributed by atoms with Crippen molar-refractivity contribution in [1.82, 2.24) is 4.90 Å². The highest BCUT2D eigenvalue weighted by atomic mass is 16.6. The molecule has 2 aromatic carbocycles. The molecule has 4 rings (SSSR count). The molecule has 8 heteroatoms. The van der Waals surface area contributed by atoms with Gasteiger partial charge in [-0.25, -0.2) is 4.98 Å². The lowest BCUT2D eigenvalue weighted by Gasteiger charge is -2.26. The van der Waals surface area contributed by atoms with E-state index in [2.05, 4.69) is 4.98 Å². The maximum Gasteiger partial charge on any atom is 0.291 e. The van der Waals surface area contributed by atoms with E-state index >= 15 is 0 Å². The molecule has 1 amide bonds. The maximum atomic E-state index is 13.3. The molecule has 2 heterocycles. The Hall–Kier alpha value is -4.20. The van der Waals surface area contributed by atoms with Crippen LogP contribution in [0.5, 0.6) is 0 Å². The molecule has 3 aromatic rings. The number of Topliss-reactive ketones (excluding diaryl/α,β-unsaturated/α-hetero) is 2. The Labute approximate surface area is 177 Å². The van der Waals surface area contributed by atoms with Crippen molar-refractivity contribution in [1.29, 1.82) is 0 Å². The van der Waals surface area contributed by atoms with Crippen LogP contribution in [0.1, 0.15) is 27.5 Å². The molecular weight excluding hydrogens is 398 g/mol. The third-order valence-corrected chi connectivity index (χ3v) is 5.29. The number of H-pyrrole nitrogens is 1. The third kappa shape index (κ3) is 3.83. The number of non-ortho nitro benzene ring substituents is 1. The number of ketones is 2. The summed E-state index contributed by atoms with van der Waals surface area (Å²) in [6.45, 7) is 0.0772. The predicted molar refractivity (Wildman–Crippen MR) is 109 cm³/mol. The standard InChI is InChI=1S/C23H17N3O5/c27-21(16-7-2-1-3-8-16)19-20(17-9-4-10-18(12-17)26(30)31)25(23(29)22(19)28)14-15-6-5-11-24-13-15/h1-13,19-20H,14H2/p+1. The van der Waals surface area contributed by atoms with E-state index in [0.29, 0.717) is 11.1 Å². The van der Waals surface area contributed by atoms with Crippen molar-refractivity contribution in [2.24, 2.45) is 5.92 Å². The lowest BCUT2D eigenvalue weighted by atomic mass is 9.86. The molecule has 1 saturated heterocycles. The van der Waals surface area contributed by atoms with Gasteiger partial charge in [0.15, 0.2) is 18.2 Å². The van der Waals surface area contributed by atoms with E-state index in [1.807, 2.05) is 0 Å². The molecule has 0 spiro atoms. The van der Waals surface area contributed by atoms with Crippen LogP contribution in [0.4, 0.5) is 5.69 Å². The number of pyridine rings is 1. The zero-order valence-electron chi connectivity index (χ0n) is 16.3. The first-order chi connectivity index (χ1) is 15.0. The van der Waals surface area contributed by atoms with Gasteiger partial charge in [-0.05, 0) is 11.6 Å². The number of likely N-dealkylation sites (tertiary alicyclic amines) is 1. The average molecular weight is 416 g/mol. The minimum absolute atomic E-state index is 0.0772. The van der Waals surface area contributed by atoms with Gasteiger partial charge in [0, 0.05) is 29.3 Å². The summed E-state index contributed by atoms with van der Waals surface area (Å²) < 4.78 is 0. The molecule has 2 atom stereocenters. The number of benzene rings is 2. The van der Waals surface area contributed by atoms with Crippen molar-refractivity contribution in [2.75, 3.05) is 0 Å². The smallest absolute Gasteiger partial charge is 0.291 e. The Morgan fingerprint density at radius 2 is 1.81 bits per heavy atom. The molecule has 1 fully saturated rings. The Morgan fingerprint density at radius 3 is 2.48 bits per heavy atom. The van der Waals surface area contributed by atoms with Gasteiger partial charge in [0.05, 0.1) is 17.5 Å². The average Bonchev–Trinajstić information content (AvgIpc) is 3.05. The zero-order chi connectivity index (χ0) is 22.0. The molecule has 8 nitrogen and oxygen atoms in total. The summed E-state index contributed by atoms with van der Waals surface area (Å²) >= 11 is 0. The molecule has 1 N–H and O–H groups in total. The minimum Gasteiger partial charge on any atom is -0.323 e. The Balaban J connectivity index is 1.82. The first-order valence-corrected chi connectivity index (χ1v) is 9.61. The van der Waals surface area contributed by atoms with Crippen LogP contribution >= 0.6 is 0 Å². The summed E-state index contributed by atoms with van der Waals surface area (Å²) in [6.07, 6.45) is 3.40. The molecule has 1 aromatic heterocycles. The van der Waals surface area contributed by atoms with Crippen molar-refractivity contribution in [3.05, 3.63) is 106 Å². The number of nitro groups is 1. The molecule has 31 heavy (non-hydrogen) atoms. The van der Waals surface area contributed by atoms with Crippen LogP contribution in [0.3, 0.4) is 0 Å². The molecular formula is C23H18N3O5+. The number of amides is 1. The molecule has 154 valence electrons. The van der Waals surface area contributed by atoms with Gasteiger partial charge in [-0.1, -0.05) is 42.5 Å². The van der Waals surface area contributed by atoms with Crippen LogP contribution in [0, 0.1) is 16.0 Å². The van der Waals surface area contributed by atoms with Crippen LogP contribution in [-0.2, 0) is 16.1 Å². The highest BCUT2D eigenvalue weighted by Crippen LogP contribution is 2.40. The Bertz CT molecular complexity index is 1160. The third-order valence-electron chi connectivity index (χ3n) is 5.29. The van der Waals surface area contributed by atoms with Crippen LogP contribution in [0.2, 0.25) is 0 Å². The number of nitrogens with zero attached hydrogens (tertiary/aromatic N) is 2. The summed E-state index contributed by atoms with van der Waals surface area (Å²) in [7, 11) is 0. The van der Waals surface area contributed by atoms with Gasteiger partial charge >= 0.3 is 0 Å². The van der Waals surface area contributed by atoms with Crippen molar-refractivity contribution in [2.45, 2.75) is 12.6 Å². The normalized spacial score (nSPS) is 18.3. The SMILES string of the molecule is O=C1C(=O)N(Cc2ccc[nH+]c2)C(c2cccc([N+](=O)[O-])c2)C1C(=O)c1ccccc1. The number of carbonyl (C=O) groups excluding carboxylic acids is 3. The molecule has 0 bridgehead atoms. The van der Waals surface area contributed by atoms with E-state index in [0.717, 1.165) is 5.56 Å². The van der Waals surface area contributed by atoms with Crippen LogP contribution < -0.4 is 4.98 Å². The summed E-state index contributed by atoms with van der Waals surface area (Å²) in [5.41, 5.74) is 1.22. The van der Waals surface area contributed by atoms with Crippen molar-refractivity contribution in [3.63, 3.8) is 0 Å². The fourth-order valence-corrected chi connectivity index (χ4v) is 3.86. The molecule has 1 aliphatic heterocycles. The summed E-state index contributed by atoms with van der Waals surface area (Å²) in [5.74, 6) is -3.37. The predicted octanol–water partition coefficient (Wildman–Crippen LogP) is 2.56. The van der Waals surface area contributed by atoms with Crippen LogP contribution in [0.25, 0.3) is 0 Å². The largest absolute Gasteiger partial charge is 0.323 e. The molecule has 0 aliphatic carbocycles. The molecule has 0 saturated carbocycles. The highest BCUT2D eigenvalue weighted by Gasteiger charge is 2.51. The van der Waals surface area contributed by atoms with E-state index in [9.17, 15) is 24.5 Å². The lowest BCUT2D eigenvalue weighted by molar-refractivity contribution is -0.385. The van der Waals surface area contributed by atoms with Crippen LogP contribution in [0.15, 0.2) is 79.1 Å². The van der Waals surface area contributed by atoms with Crippen molar-refractivity contribution >= 4 is 23.2 Å². The van der Waals surface area contributed by atoms with Crippen molar-refractivity contribution < 1.29 is 24.3 Å². The monoisotopic (exact) mass is 416 g/mol. The van der Waals surface area contributed by atoms with E-state index in [1.165, 1.54) is 23.1 Å². The topological polar surface area (TPSA) is 112 Å². The number of hydrogen-bond donors (Lipinski definition) is 0. The number of aromatic amines is 1. The second-order valence-electron chi connectivity index (χ2n) is 7.21. The number of aromatic nitrogens is 1. The summed E-state index contributed by atoms with van der Waals surface area (Å²) in [6, 6.07) is 16.6. The second kappa shape index (κ2) is 8.27. The summed E-state index contributed by atoms with van der Waals surface area (Å²) in [5, 5.41) is 11.3. The zero-order valence-corrected chi connectivity index (χ0v) is 16.3. The number of nitro benzene ring substituents is 1. The van der Waals surface area contributed by atoms with Crippen molar-refractivity contribution in [3.8, 4) is 0 Å². The molecule has 0 radical (unpaired) electrons. The van der Waals surface area contributed by atoms with Gasteiger partial charge in [0.25, 0.3) is 11.6 Å². The minimum atomic E-state index is -1.29. The van der Waals surface area contributed by atoms with Gasteiger partial charge in [0.2, 0.25) is 5.78 Å². The fourth-order valence-electron chi connectivity index (χ4n) is 3.86. The Morgan fingerprint density at radius 1 is 1.03 bits per heavy atom. The van der Waals surface area contributed by atoms with Gasteiger partial charge in [-0.15, -0.1) is 0 Å². The first kappa shape index (κ1) is 20.1. The van der Waals surface area contributed by atoms with E-state index in [4.69, 9.17) is 0 Å². The van der Waals surface area contributed by atoms with Gasteiger partial charge in [-0.3, -0.25) is 24.5 Å². The van der Waals surface area contributed by atoms with Gasteiger partial charge in [-0.2, -0.15) is 0 Å². The number of rotatable bonds is 6. The van der Waals surface area contributed by atoms with Gasteiger partial charge in [0.1, 0.15) is 5.92 Å². The van der Waals surface area contributed by atoms with Crippen LogP contribution in [-0.4, -0.2) is 27.3 Å². The highest BCUT2D eigenvalue weighted by molar-refractivity contribution is 6.44. The lowest BCUT2D eigenvalue weighted by Crippen LogP contribution is -2.30. The van der Waals surface area contributed by atoms with E-state index in [1.54, 1.807) is 60.9 Å². The summed E-state index contributed by atoms with van der Waals surface area (Å²) in [4.78, 5) is 54.2.